The van der Waals surface area contributed by atoms with Crippen molar-refractivity contribution in [1.29, 1.82) is 0 Å². The van der Waals surface area contributed by atoms with Gasteiger partial charge in [-0.25, -0.2) is 17.7 Å². The van der Waals surface area contributed by atoms with Crippen molar-refractivity contribution in [2.75, 3.05) is 24.8 Å². The number of pyridine rings is 1. The Labute approximate surface area is 176 Å². The molecule has 0 aliphatic rings. The van der Waals surface area contributed by atoms with E-state index in [9.17, 15) is 21.6 Å². The largest absolute Gasteiger partial charge is 0.417 e. The van der Waals surface area contributed by atoms with Gasteiger partial charge in [0.2, 0.25) is 10.0 Å². The highest BCUT2D eigenvalue weighted by Crippen LogP contribution is 2.32. The second kappa shape index (κ2) is 8.69. The highest BCUT2D eigenvalue weighted by Gasteiger charge is 2.31. The van der Waals surface area contributed by atoms with E-state index in [0.29, 0.717) is 11.9 Å². The number of thiocarbonyl (C=S) groups is 1. The van der Waals surface area contributed by atoms with Gasteiger partial charge in [-0.05, 0) is 42.9 Å². The average molecular weight is 468 g/mol. The van der Waals surface area contributed by atoms with E-state index in [4.69, 9.17) is 23.8 Å². The Morgan fingerprint density at radius 2 is 1.90 bits per heavy atom. The number of hydrazine groups is 1. The Morgan fingerprint density at radius 1 is 1.24 bits per heavy atom. The van der Waals surface area contributed by atoms with Gasteiger partial charge in [-0.3, -0.25) is 10.9 Å². The number of benzene rings is 1. The fourth-order valence-corrected chi connectivity index (χ4v) is 3.36. The molecule has 0 unspecified atom stereocenters. The minimum atomic E-state index is -4.56. The normalized spacial score (nSPS) is 12.0. The van der Waals surface area contributed by atoms with Crippen molar-refractivity contribution in [3.8, 4) is 0 Å². The van der Waals surface area contributed by atoms with Crippen LogP contribution in [-0.2, 0) is 16.2 Å². The smallest absolute Gasteiger partial charge is 0.331 e. The van der Waals surface area contributed by atoms with Gasteiger partial charge in [0.25, 0.3) is 0 Å². The molecule has 0 amide bonds. The predicted octanol–water partition coefficient (Wildman–Crippen LogP) is 3.63. The number of aryl methyl sites for hydroxylation is 1. The summed E-state index contributed by atoms with van der Waals surface area (Å²) >= 11 is 10.9. The van der Waals surface area contributed by atoms with Crippen molar-refractivity contribution < 1.29 is 21.6 Å². The first kappa shape index (κ1) is 23.1. The summed E-state index contributed by atoms with van der Waals surface area (Å²) in [5.74, 6) is -0.0653. The number of rotatable bonds is 5. The third-order valence-electron chi connectivity index (χ3n) is 3.70. The van der Waals surface area contributed by atoms with Crippen LogP contribution in [0.25, 0.3) is 0 Å². The lowest BCUT2D eigenvalue weighted by Crippen LogP contribution is -2.34. The summed E-state index contributed by atoms with van der Waals surface area (Å²) in [6.07, 6.45) is -3.93. The van der Waals surface area contributed by atoms with Crippen molar-refractivity contribution in [2.45, 2.75) is 18.0 Å². The van der Waals surface area contributed by atoms with Gasteiger partial charge in [0.1, 0.15) is 0 Å². The highest BCUT2D eigenvalue weighted by molar-refractivity contribution is 7.89. The van der Waals surface area contributed by atoms with Crippen LogP contribution in [0.2, 0.25) is 5.02 Å². The van der Waals surface area contributed by atoms with Crippen molar-refractivity contribution in [3.63, 3.8) is 0 Å². The summed E-state index contributed by atoms with van der Waals surface area (Å²) in [6, 6.07) is 5.23. The molecule has 29 heavy (non-hydrogen) atoms. The maximum absolute atomic E-state index is 12.6. The lowest BCUT2D eigenvalue weighted by Gasteiger charge is -2.17. The summed E-state index contributed by atoms with van der Waals surface area (Å²) in [4.78, 5) is 3.68. The lowest BCUT2D eigenvalue weighted by atomic mass is 10.2. The van der Waals surface area contributed by atoms with Gasteiger partial charge in [0.15, 0.2) is 10.9 Å². The Hall–Kier alpha value is -2.15. The molecule has 0 aliphatic heterocycles. The molecule has 0 radical (unpaired) electrons. The Balaban J connectivity index is 2.10. The number of nitrogens with one attached hydrogen (secondary N) is 3. The SMILES string of the molecule is Cc1ccc(S(=O)(=O)N(C)C)cc1NC(=S)NNc1ncc(C(F)(F)F)cc1Cl. The van der Waals surface area contributed by atoms with E-state index in [0.717, 1.165) is 15.9 Å². The van der Waals surface area contributed by atoms with Gasteiger partial charge in [0, 0.05) is 26.0 Å². The van der Waals surface area contributed by atoms with Crippen LogP contribution in [0, 0.1) is 6.92 Å². The van der Waals surface area contributed by atoms with E-state index >= 15 is 0 Å². The van der Waals surface area contributed by atoms with E-state index in [1.807, 2.05) is 0 Å². The number of anilines is 2. The number of alkyl halides is 3. The fourth-order valence-electron chi connectivity index (χ4n) is 2.06. The minimum absolute atomic E-state index is 0.0188. The molecule has 0 spiro atoms. The number of nitrogens with zero attached hydrogens (tertiary/aromatic N) is 2. The molecule has 0 saturated heterocycles. The van der Waals surface area contributed by atoms with E-state index in [2.05, 4.69) is 21.2 Å². The lowest BCUT2D eigenvalue weighted by molar-refractivity contribution is -0.137. The van der Waals surface area contributed by atoms with Crippen LogP contribution < -0.4 is 16.2 Å². The van der Waals surface area contributed by atoms with Crippen LogP contribution >= 0.6 is 23.8 Å². The molecule has 2 rings (SSSR count). The topological polar surface area (TPSA) is 86.4 Å². The number of sulfonamides is 1. The second-order valence-corrected chi connectivity index (χ2v) is 8.99. The summed E-state index contributed by atoms with van der Waals surface area (Å²) in [5.41, 5.74) is 5.21. The molecular weight excluding hydrogens is 451 g/mol. The van der Waals surface area contributed by atoms with Crippen molar-refractivity contribution in [3.05, 3.63) is 46.6 Å². The Kier molecular flexibility index (Phi) is 6.93. The summed E-state index contributed by atoms with van der Waals surface area (Å²) in [6.45, 7) is 1.75. The fraction of sp³-hybridized carbons (Fsp3) is 0.250. The molecule has 7 nitrogen and oxygen atoms in total. The molecular formula is C16H17ClF3N5O2S2. The molecule has 0 aliphatic carbocycles. The molecule has 1 heterocycles. The van der Waals surface area contributed by atoms with Crippen molar-refractivity contribution in [1.82, 2.24) is 14.7 Å². The molecule has 1 aromatic heterocycles. The van der Waals surface area contributed by atoms with Crippen molar-refractivity contribution in [2.24, 2.45) is 0 Å². The van der Waals surface area contributed by atoms with Gasteiger partial charge in [-0.2, -0.15) is 13.2 Å². The number of halogens is 4. The molecule has 158 valence electrons. The van der Waals surface area contributed by atoms with Crippen LogP contribution in [0.3, 0.4) is 0 Å². The van der Waals surface area contributed by atoms with E-state index in [1.54, 1.807) is 13.0 Å². The van der Waals surface area contributed by atoms with E-state index in [1.165, 1.54) is 26.2 Å². The number of aromatic nitrogens is 1. The monoisotopic (exact) mass is 467 g/mol. The third kappa shape index (κ3) is 5.69. The zero-order valence-corrected chi connectivity index (χ0v) is 17.8. The first-order valence-electron chi connectivity index (χ1n) is 7.91. The van der Waals surface area contributed by atoms with E-state index < -0.39 is 21.8 Å². The van der Waals surface area contributed by atoms with Gasteiger partial charge in [-0.15, -0.1) is 0 Å². The van der Waals surface area contributed by atoms with E-state index in [-0.39, 0.29) is 20.8 Å². The van der Waals surface area contributed by atoms with Crippen LogP contribution in [-0.4, -0.2) is 36.9 Å². The van der Waals surface area contributed by atoms with Gasteiger partial charge in [0.05, 0.1) is 15.5 Å². The second-order valence-electron chi connectivity index (χ2n) is 6.02. The third-order valence-corrected chi connectivity index (χ3v) is 6.00. The highest BCUT2D eigenvalue weighted by atomic mass is 35.5. The zero-order valence-electron chi connectivity index (χ0n) is 15.4. The standard InChI is InChI=1S/C16H17ClF3N5O2S2/c1-9-4-5-11(29(26,27)25(2)3)7-13(9)22-15(28)24-23-14-12(17)6-10(8-21-14)16(18,19)20/h4-8H,1-3H3,(H,21,23)(H2,22,24,28). The Morgan fingerprint density at radius 3 is 2.45 bits per heavy atom. The van der Waals surface area contributed by atoms with Crippen LogP contribution in [0.1, 0.15) is 11.1 Å². The minimum Gasteiger partial charge on any atom is -0.331 e. The first-order chi connectivity index (χ1) is 13.3. The number of hydrogen-bond donors (Lipinski definition) is 3. The molecule has 2 aromatic rings. The van der Waals surface area contributed by atoms with Crippen LogP contribution in [0.15, 0.2) is 35.4 Å². The molecule has 1 aromatic carbocycles. The molecule has 0 fully saturated rings. The van der Waals surface area contributed by atoms with Crippen molar-refractivity contribution >= 4 is 50.5 Å². The average Bonchev–Trinajstić information content (AvgIpc) is 2.61. The molecule has 0 atom stereocenters. The number of hydrogen-bond acceptors (Lipinski definition) is 5. The summed E-state index contributed by atoms with van der Waals surface area (Å²) in [7, 11) is -0.803. The zero-order chi connectivity index (χ0) is 22.0. The Bertz CT molecular complexity index is 1030. The van der Waals surface area contributed by atoms with Gasteiger partial charge in [-0.1, -0.05) is 17.7 Å². The quantitative estimate of drug-likeness (QED) is 0.457. The maximum Gasteiger partial charge on any atom is 0.417 e. The maximum atomic E-state index is 12.6. The molecule has 0 bridgehead atoms. The molecule has 13 heteroatoms. The molecule has 3 N–H and O–H groups in total. The first-order valence-corrected chi connectivity index (χ1v) is 10.1. The predicted molar refractivity (Wildman–Crippen MR) is 109 cm³/mol. The summed E-state index contributed by atoms with van der Waals surface area (Å²) < 4.78 is 63.6. The molecule has 0 saturated carbocycles. The van der Waals surface area contributed by atoms with Gasteiger partial charge < -0.3 is 5.32 Å². The van der Waals surface area contributed by atoms with Crippen LogP contribution in [0.4, 0.5) is 24.7 Å². The van der Waals surface area contributed by atoms with Gasteiger partial charge >= 0.3 is 6.18 Å². The van der Waals surface area contributed by atoms with Crippen LogP contribution in [0.5, 0.6) is 0 Å². The summed E-state index contributed by atoms with van der Waals surface area (Å²) in [5, 5.41) is 2.57.